The average molecular weight is 303 g/mol. The lowest BCUT2D eigenvalue weighted by atomic mass is 9.88. The van der Waals surface area contributed by atoms with Gasteiger partial charge in [0, 0.05) is 31.7 Å². The summed E-state index contributed by atoms with van der Waals surface area (Å²) >= 11 is 0. The second-order valence-electron chi connectivity index (χ2n) is 6.17. The molecule has 2 aliphatic rings. The second kappa shape index (κ2) is 7.58. The van der Waals surface area contributed by atoms with Gasteiger partial charge in [-0.05, 0) is 30.5 Å². The molecule has 5 nitrogen and oxygen atoms in total. The molecular weight excluding hydrogens is 278 g/mol. The van der Waals surface area contributed by atoms with Crippen LogP contribution in [0.25, 0.3) is 0 Å². The average Bonchev–Trinajstić information content (AvgIpc) is 2.61. The molecule has 0 atom stereocenters. The summed E-state index contributed by atoms with van der Waals surface area (Å²) in [5.74, 6) is 1.41. The van der Waals surface area contributed by atoms with Crippen molar-refractivity contribution in [1.29, 1.82) is 0 Å². The van der Waals surface area contributed by atoms with Crippen molar-refractivity contribution in [1.82, 2.24) is 10.3 Å². The minimum absolute atomic E-state index is 0.212. The van der Waals surface area contributed by atoms with E-state index in [1.165, 1.54) is 19.3 Å². The van der Waals surface area contributed by atoms with Crippen molar-refractivity contribution in [3.05, 3.63) is 23.9 Å². The van der Waals surface area contributed by atoms with Crippen LogP contribution in [0.15, 0.2) is 18.3 Å². The molecule has 22 heavy (non-hydrogen) atoms. The van der Waals surface area contributed by atoms with Crippen LogP contribution in [0.5, 0.6) is 0 Å². The Balaban J connectivity index is 1.54. The lowest BCUT2D eigenvalue weighted by Crippen LogP contribution is -2.37. The summed E-state index contributed by atoms with van der Waals surface area (Å²) in [5.41, 5.74) is 1.11. The number of morpholine rings is 1. The summed E-state index contributed by atoms with van der Waals surface area (Å²) in [7, 11) is 0. The third kappa shape index (κ3) is 3.97. The van der Waals surface area contributed by atoms with E-state index >= 15 is 0 Å². The van der Waals surface area contributed by atoms with E-state index in [4.69, 9.17) is 4.74 Å². The van der Waals surface area contributed by atoms with Gasteiger partial charge in [-0.25, -0.2) is 4.98 Å². The first-order chi connectivity index (χ1) is 10.8. The zero-order chi connectivity index (χ0) is 15.2. The third-order valence-corrected chi connectivity index (χ3v) is 4.59. The maximum absolute atomic E-state index is 12.2. The zero-order valence-electron chi connectivity index (χ0n) is 13.1. The first kappa shape index (κ1) is 15.3. The third-order valence-electron chi connectivity index (χ3n) is 4.59. The van der Waals surface area contributed by atoms with E-state index in [9.17, 15) is 4.79 Å². The van der Waals surface area contributed by atoms with E-state index in [2.05, 4.69) is 21.3 Å². The Morgan fingerprint density at radius 2 is 2.05 bits per heavy atom. The molecular formula is C17H25N3O2. The van der Waals surface area contributed by atoms with E-state index in [-0.39, 0.29) is 11.8 Å². The fraction of sp³-hybridized carbons (Fsp3) is 0.647. The Morgan fingerprint density at radius 1 is 1.27 bits per heavy atom. The first-order valence-electron chi connectivity index (χ1n) is 8.38. The fourth-order valence-corrected chi connectivity index (χ4v) is 3.23. The number of carbonyl (C=O) groups excluding carboxylic acids is 1. The highest BCUT2D eigenvalue weighted by Gasteiger charge is 2.20. The summed E-state index contributed by atoms with van der Waals surface area (Å²) in [6.07, 6.45) is 7.56. The summed E-state index contributed by atoms with van der Waals surface area (Å²) < 4.78 is 5.37. The van der Waals surface area contributed by atoms with Crippen LogP contribution < -0.4 is 10.2 Å². The van der Waals surface area contributed by atoms with Gasteiger partial charge in [-0.15, -0.1) is 0 Å². The van der Waals surface area contributed by atoms with Crippen LogP contribution in [0.1, 0.15) is 37.7 Å². The highest BCUT2D eigenvalue weighted by atomic mass is 16.5. The lowest BCUT2D eigenvalue weighted by Gasteiger charge is -2.28. The summed E-state index contributed by atoms with van der Waals surface area (Å²) in [6, 6.07) is 4.05. The molecule has 120 valence electrons. The van der Waals surface area contributed by atoms with Gasteiger partial charge in [0.2, 0.25) is 5.91 Å². The summed E-state index contributed by atoms with van der Waals surface area (Å²) in [4.78, 5) is 18.9. The van der Waals surface area contributed by atoms with Crippen LogP contribution >= 0.6 is 0 Å². The smallest absolute Gasteiger partial charge is 0.223 e. The molecule has 1 N–H and O–H groups in total. The second-order valence-corrected chi connectivity index (χ2v) is 6.17. The maximum atomic E-state index is 12.2. The van der Waals surface area contributed by atoms with E-state index in [0.29, 0.717) is 6.54 Å². The molecule has 0 aromatic carbocycles. The standard InChI is InChI=1S/C17H25N3O2/c21-17(15-4-2-1-3-5-15)19-13-14-6-7-18-16(12-14)20-8-10-22-11-9-20/h6-7,12,15H,1-5,8-11,13H2,(H,19,21). The molecule has 5 heteroatoms. The largest absolute Gasteiger partial charge is 0.378 e. The number of pyridine rings is 1. The van der Waals surface area contributed by atoms with Gasteiger partial charge in [0.15, 0.2) is 0 Å². The molecule has 1 aromatic rings. The molecule has 1 saturated heterocycles. The predicted octanol–water partition coefficient (Wildman–Crippen LogP) is 2.11. The number of carbonyl (C=O) groups is 1. The van der Waals surface area contributed by atoms with Gasteiger partial charge in [-0.3, -0.25) is 4.79 Å². The number of hydrogen-bond acceptors (Lipinski definition) is 4. The predicted molar refractivity (Wildman–Crippen MR) is 85.7 cm³/mol. The van der Waals surface area contributed by atoms with Gasteiger partial charge in [0.25, 0.3) is 0 Å². The number of hydrogen-bond donors (Lipinski definition) is 1. The zero-order valence-corrected chi connectivity index (χ0v) is 13.1. The Labute approximate surface area is 132 Å². The van der Waals surface area contributed by atoms with Gasteiger partial charge in [-0.1, -0.05) is 19.3 Å². The molecule has 1 saturated carbocycles. The number of amides is 1. The SMILES string of the molecule is O=C(NCc1ccnc(N2CCOCC2)c1)C1CCCCC1. The van der Waals surface area contributed by atoms with E-state index < -0.39 is 0 Å². The number of ether oxygens (including phenoxy) is 1. The molecule has 0 unspecified atom stereocenters. The van der Waals surface area contributed by atoms with Gasteiger partial charge in [0.1, 0.15) is 5.82 Å². The van der Waals surface area contributed by atoms with Crippen molar-refractivity contribution in [2.75, 3.05) is 31.2 Å². The van der Waals surface area contributed by atoms with Crippen LogP contribution in [0.2, 0.25) is 0 Å². The molecule has 0 radical (unpaired) electrons. The van der Waals surface area contributed by atoms with Crippen LogP contribution in [-0.2, 0) is 16.1 Å². The topological polar surface area (TPSA) is 54.5 Å². The Hall–Kier alpha value is -1.62. The van der Waals surface area contributed by atoms with Crippen LogP contribution in [0, 0.1) is 5.92 Å². The molecule has 1 aliphatic heterocycles. The summed E-state index contributed by atoms with van der Waals surface area (Å²) in [6.45, 7) is 3.86. The maximum Gasteiger partial charge on any atom is 0.223 e. The van der Waals surface area contributed by atoms with Crippen LogP contribution in [-0.4, -0.2) is 37.2 Å². The quantitative estimate of drug-likeness (QED) is 0.925. The number of rotatable bonds is 4. The molecule has 2 heterocycles. The van der Waals surface area contributed by atoms with Gasteiger partial charge < -0.3 is 15.0 Å². The van der Waals surface area contributed by atoms with Crippen molar-refractivity contribution in [3.63, 3.8) is 0 Å². The van der Waals surface area contributed by atoms with E-state index in [1.54, 1.807) is 0 Å². The van der Waals surface area contributed by atoms with Gasteiger partial charge >= 0.3 is 0 Å². The van der Waals surface area contributed by atoms with E-state index in [1.807, 2.05) is 12.3 Å². The first-order valence-corrected chi connectivity index (χ1v) is 8.38. The molecule has 2 fully saturated rings. The minimum atomic E-state index is 0.212. The lowest BCUT2D eigenvalue weighted by molar-refractivity contribution is -0.126. The normalized spacial score (nSPS) is 19.9. The molecule has 0 spiro atoms. The van der Waals surface area contributed by atoms with Crippen LogP contribution in [0.3, 0.4) is 0 Å². The van der Waals surface area contributed by atoms with Crippen LogP contribution in [0.4, 0.5) is 5.82 Å². The van der Waals surface area contributed by atoms with Crippen molar-refractivity contribution < 1.29 is 9.53 Å². The molecule has 1 aromatic heterocycles. The highest BCUT2D eigenvalue weighted by molar-refractivity contribution is 5.78. The fourth-order valence-electron chi connectivity index (χ4n) is 3.23. The van der Waals surface area contributed by atoms with Crippen molar-refractivity contribution in [2.45, 2.75) is 38.6 Å². The highest BCUT2D eigenvalue weighted by Crippen LogP contribution is 2.23. The number of nitrogens with zero attached hydrogens (tertiary/aromatic N) is 2. The summed E-state index contributed by atoms with van der Waals surface area (Å²) in [5, 5.41) is 3.09. The van der Waals surface area contributed by atoms with Crippen molar-refractivity contribution in [3.8, 4) is 0 Å². The van der Waals surface area contributed by atoms with Gasteiger partial charge in [0.05, 0.1) is 13.2 Å². The monoisotopic (exact) mass is 303 g/mol. The van der Waals surface area contributed by atoms with E-state index in [0.717, 1.165) is 50.5 Å². The molecule has 3 rings (SSSR count). The minimum Gasteiger partial charge on any atom is -0.378 e. The van der Waals surface area contributed by atoms with Gasteiger partial charge in [-0.2, -0.15) is 0 Å². The molecule has 0 bridgehead atoms. The number of nitrogens with one attached hydrogen (secondary N) is 1. The Morgan fingerprint density at radius 3 is 2.82 bits per heavy atom. The number of anilines is 1. The Kier molecular flexibility index (Phi) is 5.27. The van der Waals surface area contributed by atoms with Crippen molar-refractivity contribution in [2.24, 2.45) is 5.92 Å². The number of aromatic nitrogens is 1. The molecule has 1 aliphatic carbocycles. The Bertz CT molecular complexity index is 494. The molecule has 1 amide bonds. The van der Waals surface area contributed by atoms with Crippen molar-refractivity contribution >= 4 is 11.7 Å².